The highest BCUT2D eigenvalue weighted by atomic mass is 32.2. The molecular weight excluding hydrogens is 278 g/mol. The minimum absolute atomic E-state index is 0.0156. The smallest absolute Gasteiger partial charge is 0.306 e. The van der Waals surface area contributed by atoms with E-state index in [0.29, 0.717) is 12.5 Å². The molecule has 1 N–H and O–H groups in total. The van der Waals surface area contributed by atoms with Crippen LogP contribution in [0.5, 0.6) is 0 Å². The van der Waals surface area contributed by atoms with Crippen molar-refractivity contribution in [1.29, 1.82) is 0 Å². The summed E-state index contributed by atoms with van der Waals surface area (Å²) in [6.07, 6.45) is 4.59. The molecule has 0 aliphatic carbocycles. The van der Waals surface area contributed by atoms with E-state index in [1.165, 1.54) is 0 Å². The van der Waals surface area contributed by atoms with Gasteiger partial charge in [0.15, 0.2) is 9.84 Å². The summed E-state index contributed by atoms with van der Waals surface area (Å²) in [7, 11) is -3.13. The van der Waals surface area contributed by atoms with Crippen LogP contribution < -0.4 is 5.32 Å². The van der Waals surface area contributed by atoms with Crippen molar-refractivity contribution in [3.8, 4) is 0 Å². The number of unbranched alkanes of at least 4 members (excludes halogenated alkanes) is 1. The van der Waals surface area contributed by atoms with Crippen LogP contribution in [0.4, 0.5) is 0 Å². The molecule has 20 heavy (non-hydrogen) atoms. The molecule has 118 valence electrons. The molecule has 1 saturated heterocycles. The Morgan fingerprint density at radius 2 is 1.95 bits per heavy atom. The molecule has 1 heterocycles. The molecule has 0 spiro atoms. The second-order valence-corrected chi connectivity index (χ2v) is 7.76. The molecule has 0 aromatic heterocycles. The summed E-state index contributed by atoms with van der Waals surface area (Å²) >= 11 is 0. The van der Waals surface area contributed by atoms with E-state index in [-0.39, 0.29) is 17.9 Å². The summed E-state index contributed by atoms with van der Waals surface area (Å²) in [5.74, 6) is 0.217. The number of hydrogen-bond donors (Lipinski definition) is 1. The lowest BCUT2D eigenvalue weighted by molar-refractivity contribution is -0.143. The first-order valence-electron chi connectivity index (χ1n) is 7.60. The molecule has 1 rings (SSSR count). The fraction of sp³-hybridized carbons (Fsp3) is 0.929. The average Bonchev–Trinajstić information content (AvgIpc) is 2.45. The Bertz CT molecular complexity index is 375. The van der Waals surface area contributed by atoms with Gasteiger partial charge in [-0.25, -0.2) is 8.42 Å². The lowest BCUT2D eigenvalue weighted by Crippen LogP contribution is -2.29. The van der Waals surface area contributed by atoms with Gasteiger partial charge in [0.05, 0.1) is 24.5 Å². The van der Waals surface area contributed by atoms with Gasteiger partial charge in [-0.2, -0.15) is 0 Å². The second-order valence-electron chi connectivity index (χ2n) is 5.46. The van der Waals surface area contributed by atoms with Crippen LogP contribution in [0.15, 0.2) is 0 Å². The Balaban J connectivity index is 2.18. The first-order chi connectivity index (χ1) is 9.53. The first-order valence-corrected chi connectivity index (χ1v) is 9.42. The van der Waals surface area contributed by atoms with Crippen LogP contribution in [0.1, 0.15) is 45.4 Å². The van der Waals surface area contributed by atoms with Gasteiger partial charge in [0.25, 0.3) is 0 Å². The van der Waals surface area contributed by atoms with Crippen molar-refractivity contribution in [2.75, 3.05) is 31.2 Å². The number of ether oxygens (including phenoxy) is 1. The zero-order valence-corrected chi connectivity index (χ0v) is 13.2. The van der Waals surface area contributed by atoms with Gasteiger partial charge in [0, 0.05) is 0 Å². The van der Waals surface area contributed by atoms with Crippen LogP contribution in [0.2, 0.25) is 0 Å². The third-order valence-electron chi connectivity index (χ3n) is 3.67. The van der Waals surface area contributed by atoms with Crippen molar-refractivity contribution in [3.63, 3.8) is 0 Å². The van der Waals surface area contributed by atoms with Crippen molar-refractivity contribution < 1.29 is 17.9 Å². The minimum atomic E-state index is -3.13. The van der Waals surface area contributed by atoms with Crippen LogP contribution in [0, 0.1) is 5.92 Å². The zero-order valence-electron chi connectivity index (χ0n) is 12.4. The van der Waals surface area contributed by atoms with E-state index in [0.717, 1.165) is 45.2 Å². The van der Waals surface area contributed by atoms with Crippen LogP contribution >= 0.6 is 0 Å². The number of carbonyl (C=O) groups is 1. The molecular formula is C14H27NO4S. The normalized spacial score (nSPS) is 17.1. The first kappa shape index (κ1) is 17.4. The highest BCUT2D eigenvalue weighted by molar-refractivity contribution is 7.91. The molecule has 6 heteroatoms. The monoisotopic (exact) mass is 305 g/mol. The Labute approximate surface area is 122 Å². The predicted octanol–water partition coefficient (Wildman–Crippen LogP) is 1.52. The number of hydrogen-bond acceptors (Lipinski definition) is 5. The molecule has 0 radical (unpaired) electrons. The Kier molecular flexibility index (Phi) is 8.14. The van der Waals surface area contributed by atoms with E-state index < -0.39 is 15.8 Å². The molecule has 0 saturated carbocycles. The van der Waals surface area contributed by atoms with Crippen LogP contribution in [-0.2, 0) is 19.4 Å². The number of nitrogens with one attached hydrogen (secondary N) is 1. The van der Waals surface area contributed by atoms with Crippen molar-refractivity contribution in [3.05, 3.63) is 0 Å². The highest BCUT2D eigenvalue weighted by Gasteiger charge is 2.19. The SMILES string of the molecule is CCCCOC(=O)CCS(=O)(=O)CCC1CCNCC1. The largest absolute Gasteiger partial charge is 0.466 e. The van der Waals surface area contributed by atoms with Crippen LogP contribution in [0.3, 0.4) is 0 Å². The topological polar surface area (TPSA) is 72.5 Å². The second kappa shape index (κ2) is 9.34. The lowest BCUT2D eigenvalue weighted by atomic mass is 9.96. The molecule has 0 amide bonds. The number of rotatable bonds is 9. The molecule has 0 bridgehead atoms. The van der Waals surface area contributed by atoms with Crippen LogP contribution in [0.25, 0.3) is 0 Å². The molecule has 0 unspecified atom stereocenters. The minimum Gasteiger partial charge on any atom is -0.466 e. The maximum atomic E-state index is 11.9. The van der Waals surface area contributed by atoms with Gasteiger partial charge in [0.1, 0.15) is 0 Å². The summed E-state index contributed by atoms with van der Waals surface area (Å²) in [6, 6.07) is 0. The number of esters is 1. The van der Waals surface area contributed by atoms with E-state index in [2.05, 4.69) is 5.32 Å². The van der Waals surface area contributed by atoms with E-state index in [1.807, 2.05) is 6.92 Å². The summed E-state index contributed by atoms with van der Waals surface area (Å²) in [5.41, 5.74) is 0. The standard InChI is InChI=1S/C14H27NO4S/c1-2-3-10-19-14(16)7-12-20(17,18)11-6-13-4-8-15-9-5-13/h13,15H,2-12H2,1H3. The molecule has 5 nitrogen and oxygen atoms in total. The summed E-state index contributed by atoms with van der Waals surface area (Å²) < 4.78 is 28.7. The Hall–Kier alpha value is -0.620. The molecule has 1 aliphatic heterocycles. The highest BCUT2D eigenvalue weighted by Crippen LogP contribution is 2.17. The summed E-state index contributed by atoms with van der Waals surface area (Å²) in [4.78, 5) is 11.4. The third kappa shape index (κ3) is 7.85. The maximum absolute atomic E-state index is 11.9. The van der Waals surface area contributed by atoms with Gasteiger partial charge in [-0.05, 0) is 44.7 Å². The average molecular weight is 305 g/mol. The van der Waals surface area contributed by atoms with E-state index in [4.69, 9.17) is 4.74 Å². The van der Waals surface area contributed by atoms with Gasteiger partial charge in [-0.1, -0.05) is 13.3 Å². The maximum Gasteiger partial charge on any atom is 0.306 e. The van der Waals surface area contributed by atoms with Crippen molar-refractivity contribution >= 4 is 15.8 Å². The van der Waals surface area contributed by atoms with Crippen molar-refractivity contribution in [1.82, 2.24) is 5.32 Å². The van der Waals surface area contributed by atoms with E-state index >= 15 is 0 Å². The molecule has 1 aliphatic rings. The fourth-order valence-electron chi connectivity index (χ4n) is 2.26. The van der Waals surface area contributed by atoms with Gasteiger partial charge < -0.3 is 10.1 Å². The summed E-state index contributed by atoms with van der Waals surface area (Å²) in [6.45, 7) is 4.37. The van der Waals surface area contributed by atoms with Crippen LogP contribution in [-0.4, -0.2) is 45.6 Å². The van der Waals surface area contributed by atoms with Gasteiger partial charge in [-0.3, -0.25) is 4.79 Å². The van der Waals surface area contributed by atoms with E-state index in [1.54, 1.807) is 0 Å². The predicted molar refractivity (Wildman–Crippen MR) is 79.3 cm³/mol. The van der Waals surface area contributed by atoms with Gasteiger partial charge >= 0.3 is 5.97 Å². The number of carbonyl (C=O) groups excluding carboxylic acids is 1. The lowest BCUT2D eigenvalue weighted by Gasteiger charge is -2.22. The molecule has 1 fully saturated rings. The number of sulfone groups is 1. The van der Waals surface area contributed by atoms with Crippen molar-refractivity contribution in [2.24, 2.45) is 5.92 Å². The van der Waals surface area contributed by atoms with E-state index in [9.17, 15) is 13.2 Å². The molecule has 0 aromatic carbocycles. The third-order valence-corrected chi connectivity index (χ3v) is 5.36. The van der Waals surface area contributed by atoms with Gasteiger partial charge in [0.2, 0.25) is 0 Å². The Morgan fingerprint density at radius 3 is 2.60 bits per heavy atom. The Morgan fingerprint density at radius 1 is 1.25 bits per heavy atom. The summed E-state index contributed by atoms with van der Waals surface area (Å²) in [5, 5.41) is 3.27. The number of piperidine rings is 1. The quantitative estimate of drug-likeness (QED) is 0.516. The fourth-order valence-corrected chi connectivity index (χ4v) is 3.63. The zero-order chi connectivity index (χ0) is 14.8. The van der Waals surface area contributed by atoms with Crippen molar-refractivity contribution in [2.45, 2.75) is 45.4 Å². The molecule has 0 atom stereocenters. The molecule has 0 aromatic rings. The van der Waals surface area contributed by atoms with Gasteiger partial charge in [-0.15, -0.1) is 0 Å².